The number of nitrogens with one attached hydrogen (secondary N) is 1. The summed E-state index contributed by atoms with van der Waals surface area (Å²) in [5, 5.41) is 11.5. The molecule has 7 nitrogen and oxygen atoms in total. The van der Waals surface area contributed by atoms with Crippen LogP contribution in [-0.4, -0.2) is 50.5 Å². The largest absolute Gasteiger partial charge is 0.354 e. The number of likely N-dealkylation sites (tertiary alicyclic amines) is 1. The molecule has 0 atom stereocenters. The van der Waals surface area contributed by atoms with Crippen LogP contribution in [-0.2, 0) is 17.9 Å². The van der Waals surface area contributed by atoms with Crippen molar-refractivity contribution in [1.29, 1.82) is 0 Å². The van der Waals surface area contributed by atoms with Crippen LogP contribution in [0, 0.1) is 0 Å². The summed E-state index contributed by atoms with van der Waals surface area (Å²) in [5.41, 5.74) is 0.956. The lowest BCUT2D eigenvalue weighted by molar-refractivity contribution is -0.132. The third-order valence-electron chi connectivity index (χ3n) is 4.36. The molecular formula is C16H24N6O. The number of carbonyl (C=O) groups is 1. The number of hydrogen-bond donors (Lipinski definition) is 1. The highest BCUT2D eigenvalue weighted by Crippen LogP contribution is 2.22. The van der Waals surface area contributed by atoms with Crippen LogP contribution < -0.4 is 5.32 Å². The first-order valence-electron chi connectivity index (χ1n) is 8.20. The number of hydrogen-bond acceptors (Lipinski definition) is 4. The number of rotatable bonds is 6. The summed E-state index contributed by atoms with van der Waals surface area (Å²) in [5.74, 6) is 0.242. The second-order valence-corrected chi connectivity index (χ2v) is 6.00. The lowest BCUT2D eigenvalue weighted by atomic mass is 10.0. The van der Waals surface area contributed by atoms with Gasteiger partial charge in [-0.15, -0.1) is 5.10 Å². The van der Waals surface area contributed by atoms with Crippen LogP contribution in [0.4, 0.5) is 0 Å². The van der Waals surface area contributed by atoms with E-state index in [1.807, 2.05) is 51.9 Å². The van der Waals surface area contributed by atoms with Crippen molar-refractivity contribution in [1.82, 2.24) is 29.8 Å². The molecule has 1 aliphatic heterocycles. The van der Waals surface area contributed by atoms with E-state index in [4.69, 9.17) is 0 Å². The van der Waals surface area contributed by atoms with Gasteiger partial charge in [0.25, 0.3) is 0 Å². The smallest absolute Gasteiger partial charge is 0.224 e. The van der Waals surface area contributed by atoms with Crippen LogP contribution in [0.2, 0.25) is 0 Å². The van der Waals surface area contributed by atoms with E-state index in [-0.39, 0.29) is 5.91 Å². The molecule has 7 heteroatoms. The second-order valence-electron chi connectivity index (χ2n) is 6.00. The Morgan fingerprint density at radius 2 is 2.04 bits per heavy atom. The molecule has 0 radical (unpaired) electrons. The van der Waals surface area contributed by atoms with Gasteiger partial charge in [0.15, 0.2) is 0 Å². The van der Waals surface area contributed by atoms with E-state index in [1.54, 1.807) is 0 Å². The van der Waals surface area contributed by atoms with Crippen LogP contribution in [0.3, 0.4) is 0 Å². The number of aromatic nitrogens is 4. The molecule has 0 bridgehead atoms. The molecule has 0 spiro atoms. The molecule has 2 aromatic rings. The SMILES string of the molecule is CNCc1cn(C2CCN(C(=O)CCn3cccc3)CC2)nn1. The predicted molar refractivity (Wildman–Crippen MR) is 86.7 cm³/mol. The molecule has 0 aromatic carbocycles. The molecule has 1 amide bonds. The number of carbonyl (C=O) groups excluding carboxylic acids is 1. The van der Waals surface area contributed by atoms with Gasteiger partial charge in [-0.25, -0.2) is 4.68 Å². The Kier molecular flexibility index (Phi) is 5.07. The molecule has 0 saturated carbocycles. The van der Waals surface area contributed by atoms with E-state index in [0.717, 1.165) is 44.7 Å². The predicted octanol–water partition coefficient (Wildman–Crippen LogP) is 1.05. The highest BCUT2D eigenvalue weighted by molar-refractivity contribution is 5.76. The molecule has 1 aliphatic rings. The van der Waals surface area contributed by atoms with E-state index < -0.39 is 0 Å². The molecule has 0 aliphatic carbocycles. The van der Waals surface area contributed by atoms with Crippen molar-refractivity contribution in [2.24, 2.45) is 0 Å². The maximum absolute atomic E-state index is 12.3. The van der Waals surface area contributed by atoms with Gasteiger partial charge >= 0.3 is 0 Å². The third kappa shape index (κ3) is 3.98. The molecule has 1 saturated heterocycles. The Balaban J connectivity index is 1.46. The number of amides is 1. The van der Waals surface area contributed by atoms with Gasteiger partial charge in [-0.1, -0.05) is 5.21 Å². The normalized spacial score (nSPS) is 16.0. The monoisotopic (exact) mass is 316 g/mol. The first kappa shape index (κ1) is 15.7. The van der Waals surface area contributed by atoms with Crippen LogP contribution in [0.1, 0.15) is 31.0 Å². The molecule has 23 heavy (non-hydrogen) atoms. The van der Waals surface area contributed by atoms with E-state index in [2.05, 4.69) is 15.6 Å². The molecule has 3 heterocycles. The summed E-state index contributed by atoms with van der Waals surface area (Å²) < 4.78 is 4.00. The fourth-order valence-corrected chi connectivity index (χ4v) is 3.04. The Bertz CT molecular complexity index is 612. The summed E-state index contributed by atoms with van der Waals surface area (Å²) in [6, 6.07) is 4.31. The van der Waals surface area contributed by atoms with Crippen molar-refractivity contribution >= 4 is 5.91 Å². The minimum absolute atomic E-state index is 0.242. The number of piperidine rings is 1. The van der Waals surface area contributed by atoms with E-state index in [0.29, 0.717) is 12.5 Å². The Labute approximate surface area is 136 Å². The lowest BCUT2D eigenvalue weighted by Crippen LogP contribution is -2.39. The Morgan fingerprint density at radius 3 is 2.74 bits per heavy atom. The van der Waals surface area contributed by atoms with Gasteiger partial charge in [0, 0.05) is 45.0 Å². The minimum atomic E-state index is 0.242. The fourth-order valence-electron chi connectivity index (χ4n) is 3.04. The van der Waals surface area contributed by atoms with Gasteiger partial charge in [0.05, 0.1) is 17.9 Å². The standard InChI is InChI=1S/C16H24N6O/c1-17-12-14-13-22(19-18-14)15-4-10-21(11-5-15)16(23)6-9-20-7-2-3-8-20/h2-3,7-8,13,15,17H,4-6,9-12H2,1H3. The number of aryl methyl sites for hydroxylation is 1. The van der Waals surface area contributed by atoms with Gasteiger partial charge in [0.2, 0.25) is 5.91 Å². The van der Waals surface area contributed by atoms with Gasteiger partial charge < -0.3 is 14.8 Å². The molecule has 1 fully saturated rings. The minimum Gasteiger partial charge on any atom is -0.354 e. The van der Waals surface area contributed by atoms with Gasteiger partial charge in [0.1, 0.15) is 0 Å². The van der Waals surface area contributed by atoms with Crippen molar-refractivity contribution < 1.29 is 4.79 Å². The van der Waals surface area contributed by atoms with Crippen molar-refractivity contribution in [3.8, 4) is 0 Å². The van der Waals surface area contributed by atoms with E-state index >= 15 is 0 Å². The van der Waals surface area contributed by atoms with E-state index in [1.165, 1.54) is 0 Å². The van der Waals surface area contributed by atoms with E-state index in [9.17, 15) is 4.79 Å². The number of nitrogens with zero attached hydrogens (tertiary/aromatic N) is 5. The summed E-state index contributed by atoms with van der Waals surface area (Å²) in [6.45, 7) is 3.09. The van der Waals surface area contributed by atoms with Crippen LogP contribution in [0.25, 0.3) is 0 Å². The molecule has 1 N–H and O–H groups in total. The maximum atomic E-state index is 12.3. The molecule has 2 aromatic heterocycles. The van der Waals surface area contributed by atoms with Crippen molar-refractivity contribution in [3.63, 3.8) is 0 Å². The molecule has 3 rings (SSSR count). The highest BCUT2D eigenvalue weighted by Gasteiger charge is 2.24. The highest BCUT2D eigenvalue weighted by atomic mass is 16.2. The zero-order valence-electron chi connectivity index (χ0n) is 13.6. The molecule has 0 unspecified atom stereocenters. The third-order valence-corrected chi connectivity index (χ3v) is 4.36. The molecular weight excluding hydrogens is 292 g/mol. The average Bonchev–Trinajstić information content (AvgIpc) is 3.25. The molecule has 124 valence electrons. The lowest BCUT2D eigenvalue weighted by Gasteiger charge is -2.32. The first-order valence-corrected chi connectivity index (χ1v) is 8.20. The van der Waals surface area contributed by atoms with Gasteiger partial charge in [-0.05, 0) is 32.0 Å². The van der Waals surface area contributed by atoms with Crippen LogP contribution >= 0.6 is 0 Å². The van der Waals surface area contributed by atoms with Gasteiger partial charge in [-0.3, -0.25) is 4.79 Å². The Morgan fingerprint density at radius 1 is 1.30 bits per heavy atom. The summed E-state index contributed by atoms with van der Waals surface area (Å²) in [6.07, 6.45) is 8.44. The fraction of sp³-hybridized carbons (Fsp3) is 0.562. The zero-order valence-corrected chi connectivity index (χ0v) is 13.6. The maximum Gasteiger partial charge on any atom is 0.224 e. The van der Waals surface area contributed by atoms with Crippen molar-refractivity contribution in [2.75, 3.05) is 20.1 Å². The topological polar surface area (TPSA) is 68.0 Å². The zero-order chi connectivity index (χ0) is 16.1. The van der Waals surface area contributed by atoms with Crippen molar-refractivity contribution in [3.05, 3.63) is 36.4 Å². The van der Waals surface area contributed by atoms with Crippen molar-refractivity contribution in [2.45, 2.75) is 38.4 Å². The first-order chi connectivity index (χ1) is 11.3. The van der Waals surface area contributed by atoms with Crippen LogP contribution in [0.15, 0.2) is 30.7 Å². The summed E-state index contributed by atoms with van der Waals surface area (Å²) in [7, 11) is 1.90. The second kappa shape index (κ2) is 7.41. The summed E-state index contributed by atoms with van der Waals surface area (Å²) in [4.78, 5) is 14.3. The van der Waals surface area contributed by atoms with Crippen LogP contribution in [0.5, 0.6) is 0 Å². The Hall–Kier alpha value is -2.15. The quantitative estimate of drug-likeness (QED) is 0.865. The average molecular weight is 316 g/mol. The van der Waals surface area contributed by atoms with Gasteiger partial charge in [-0.2, -0.15) is 0 Å². The summed E-state index contributed by atoms with van der Waals surface area (Å²) >= 11 is 0.